The van der Waals surface area contributed by atoms with E-state index in [0.29, 0.717) is 45.8 Å². The summed E-state index contributed by atoms with van der Waals surface area (Å²) in [5, 5.41) is 3.77. The summed E-state index contributed by atoms with van der Waals surface area (Å²) in [5.41, 5.74) is 2.44. The summed E-state index contributed by atoms with van der Waals surface area (Å²) in [6.45, 7) is 3.32. The smallest absolute Gasteiger partial charge is 0.259 e. The van der Waals surface area contributed by atoms with Crippen LogP contribution in [-0.4, -0.2) is 51.9 Å². The highest BCUT2D eigenvalue weighted by Crippen LogP contribution is 2.36. The van der Waals surface area contributed by atoms with Gasteiger partial charge in [-0.05, 0) is 49.4 Å². The summed E-state index contributed by atoms with van der Waals surface area (Å²) in [5.74, 6) is -0.00106. The number of anilines is 2. The maximum absolute atomic E-state index is 13.1. The summed E-state index contributed by atoms with van der Waals surface area (Å²) in [6.07, 6.45) is 0. The van der Waals surface area contributed by atoms with Crippen molar-refractivity contribution in [2.24, 2.45) is 0 Å². The third kappa shape index (κ3) is 5.41. The van der Waals surface area contributed by atoms with E-state index in [1.54, 1.807) is 54.6 Å². The lowest BCUT2D eigenvalue weighted by atomic mass is 10.1. The minimum absolute atomic E-state index is 0.276. The highest BCUT2D eigenvalue weighted by molar-refractivity contribution is 7.89. The molecule has 0 unspecified atom stereocenters. The molecule has 184 valence electrons. The van der Waals surface area contributed by atoms with Crippen molar-refractivity contribution in [1.29, 1.82) is 0 Å². The lowest BCUT2D eigenvalue weighted by Gasteiger charge is -2.36. The Bertz CT molecular complexity index is 1340. The quantitative estimate of drug-likeness (QED) is 0.478. The first-order chi connectivity index (χ1) is 16.7. The van der Waals surface area contributed by atoms with Gasteiger partial charge in [0.15, 0.2) is 0 Å². The van der Waals surface area contributed by atoms with Crippen LogP contribution in [0.3, 0.4) is 0 Å². The van der Waals surface area contributed by atoms with Crippen molar-refractivity contribution < 1.29 is 17.9 Å². The fourth-order valence-electron chi connectivity index (χ4n) is 4.00. The van der Waals surface area contributed by atoms with E-state index in [1.807, 2.05) is 11.8 Å². The molecule has 1 N–H and O–H groups in total. The number of nitrogens with zero attached hydrogens (tertiary/aromatic N) is 2. The lowest BCUT2D eigenvalue weighted by molar-refractivity contribution is 0.102. The molecule has 0 aromatic heterocycles. The van der Waals surface area contributed by atoms with Crippen molar-refractivity contribution in [2.45, 2.75) is 11.8 Å². The number of piperazine rings is 1. The van der Waals surface area contributed by atoms with Crippen LogP contribution in [0.5, 0.6) is 5.75 Å². The van der Waals surface area contributed by atoms with Gasteiger partial charge in [-0.1, -0.05) is 47.0 Å². The highest BCUT2D eigenvalue weighted by atomic mass is 35.5. The van der Waals surface area contributed by atoms with E-state index in [4.69, 9.17) is 27.9 Å². The Morgan fingerprint density at radius 3 is 2.31 bits per heavy atom. The average Bonchev–Trinajstić information content (AvgIpc) is 2.84. The first-order valence-corrected chi connectivity index (χ1v) is 13.2. The average molecular weight is 534 g/mol. The van der Waals surface area contributed by atoms with Gasteiger partial charge in [0.1, 0.15) is 5.75 Å². The summed E-state index contributed by atoms with van der Waals surface area (Å²) in [7, 11) is -2.11. The van der Waals surface area contributed by atoms with Crippen LogP contribution in [0, 0.1) is 6.92 Å². The molecule has 3 aromatic rings. The second-order valence-corrected chi connectivity index (χ2v) is 10.9. The van der Waals surface area contributed by atoms with Gasteiger partial charge in [0, 0.05) is 31.2 Å². The Labute approximate surface area is 215 Å². The molecule has 1 heterocycles. The molecule has 0 aliphatic carbocycles. The number of amides is 1. The molecule has 0 bridgehead atoms. The first kappa shape index (κ1) is 25.3. The van der Waals surface area contributed by atoms with Gasteiger partial charge in [-0.15, -0.1) is 0 Å². The van der Waals surface area contributed by atoms with Crippen molar-refractivity contribution in [3.05, 3.63) is 81.8 Å². The van der Waals surface area contributed by atoms with Crippen LogP contribution in [0.2, 0.25) is 10.0 Å². The molecule has 0 saturated carbocycles. The number of carbonyl (C=O) groups is 1. The molecule has 1 aliphatic rings. The Hall–Kier alpha value is -2.78. The number of rotatable bonds is 6. The number of hydrogen-bond acceptors (Lipinski definition) is 5. The highest BCUT2D eigenvalue weighted by Gasteiger charge is 2.30. The number of ether oxygens (including phenoxy) is 1. The summed E-state index contributed by atoms with van der Waals surface area (Å²) < 4.78 is 32.9. The van der Waals surface area contributed by atoms with Gasteiger partial charge in [0.25, 0.3) is 5.91 Å². The lowest BCUT2D eigenvalue weighted by Crippen LogP contribution is -2.49. The monoisotopic (exact) mass is 533 g/mol. The van der Waals surface area contributed by atoms with Crippen molar-refractivity contribution >= 4 is 50.5 Å². The van der Waals surface area contributed by atoms with Gasteiger partial charge >= 0.3 is 0 Å². The topological polar surface area (TPSA) is 79.0 Å². The number of carbonyl (C=O) groups excluding carboxylic acids is 1. The molecule has 35 heavy (non-hydrogen) atoms. The molecule has 4 rings (SSSR count). The standard InChI is InChI=1S/C25H25Cl2N3O4S/c1-17-6-9-19(10-7-17)35(32,33)30-14-12-29(13-15-30)24-21(27)4-3-5-22(24)28-25(31)20-16-18(26)8-11-23(20)34-2/h3-11,16H,12-15H2,1-2H3,(H,28,31). The fourth-order valence-corrected chi connectivity index (χ4v) is 5.88. The molecule has 1 amide bonds. The van der Waals surface area contributed by atoms with Crippen LogP contribution in [0.4, 0.5) is 11.4 Å². The zero-order chi connectivity index (χ0) is 25.2. The number of para-hydroxylation sites is 1. The summed E-state index contributed by atoms with van der Waals surface area (Å²) in [4.78, 5) is 15.3. The second kappa shape index (κ2) is 10.5. The number of hydrogen-bond donors (Lipinski definition) is 1. The van der Waals surface area contributed by atoms with E-state index in [2.05, 4.69) is 5.32 Å². The van der Waals surface area contributed by atoms with Gasteiger partial charge in [-0.25, -0.2) is 8.42 Å². The van der Waals surface area contributed by atoms with E-state index >= 15 is 0 Å². The number of sulfonamides is 1. The van der Waals surface area contributed by atoms with Crippen LogP contribution >= 0.6 is 23.2 Å². The third-order valence-corrected chi connectivity index (χ3v) is 8.31. The minimum atomic E-state index is -3.59. The summed E-state index contributed by atoms with van der Waals surface area (Å²) in [6, 6.07) is 16.9. The molecule has 0 spiro atoms. The van der Waals surface area contributed by atoms with Crippen LogP contribution in [0.25, 0.3) is 0 Å². The fraction of sp³-hybridized carbons (Fsp3) is 0.240. The van der Waals surface area contributed by atoms with E-state index in [0.717, 1.165) is 5.56 Å². The molecule has 7 nitrogen and oxygen atoms in total. The van der Waals surface area contributed by atoms with Gasteiger partial charge in [0.05, 0.1) is 34.0 Å². The first-order valence-electron chi connectivity index (χ1n) is 11.0. The summed E-state index contributed by atoms with van der Waals surface area (Å²) >= 11 is 12.6. The Morgan fingerprint density at radius 1 is 0.971 bits per heavy atom. The molecule has 0 radical (unpaired) electrons. The van der Waals surface area contributed by atoms with E-state index in [9.17, 15) is 13.2 Å². The molecule has 1 aliphatic heterocycles. The van der Waals surface area contributed by atoms with Crippen LogP contribution < -0.4 is 15.0 Å². The zero-order valence-corrected chi connectivity index (χ0v) is 21.6. The molecule has 3 aromatic carbocycles. The van der Waals surface area contributed by atoms with Crippen molar-refractivity contribution in [1.82, 2.24) is 4.31 Å². The molecule has 0 atom stereocenters. The Balaban J connectivity index is 1.54. The molecule has 1 fully saturated rings. The van der Waals surface area contributed by atoms with Crippen molar-refractivity contribution in [3.8, 4) is 5.75 Å². The normalized spacial score (nSPS) is 14.6. The number of benzene rings is 3. The third-order valence-electron chi connectivity index (χ3n) is 5.85. The molecular formula is C25H25Cl2N3O4S. The van der Waals surface area contributed by atoms with Crippen LogP contribution in [0.1, 0.15) is 15.9 Å². The van der Waals surface area contributed by atoms with Gasteiger partial charge in [-0.3, -0.25) is 4.79 Å². The number of nitrogens with one attached hydrogen (secondary N) is 1. The van der Waals surface area contributed by atoms with Crippen molar-refractivity contribution in [3.63, 3.8) is 0 Å². The SMILES string of the molecule is COc1ccc(Cl)cc1C(=O)Nc1cccc(Cl)c1N1CCN(S(=O)(=O)c2ccc(C)cc2)CC1. The second-order valence-electron chi connectivity index (χ2n) is 8.14. The molecule has 1 saturated heterocycles. The number of aryl methyl sites for hydroxylation is 1. The van der Waals surface area contributed by atoms with E-state index in [-0.39, 0.29) is 18.0 Å². The zero-order valence-electron chi connectivity index (χ0n) is 19.3. The van der Waals surface area contributed by atoms with Gasteiger partial charge in [-0.2, -0.15) is 4.31 Å². The predicted octanol–water partition coefficient (Wildman–Crippen LogP) is 5.07. The van der Waals surface area contributed by atoms with E-state index < -0.39 is 15.9 Å². The van der Waals surface area contributed by atoms with Crippen molar-refractivity contribution in [2.75, 3.05) is 43.5 Å². The Morgan fingerprint density at radius 2 is 1.66 bits per heavy atom. The number of halogens is 2. The Kier molecular flexibility index (Phi) is 7.56. The maximum Gasteiger partial charge on any atom is 0.259 e. The van der Waals surface area contributed by atoms with Gasteiger partial charge < -0.3 is 15.0 Å². The minimum Gasteiger partial charge on any atom is -0.496 e. The predicted molar refractivity (Wildman–Crippen MR) is 140 cm³/mol. The molecular weight excluding hydrogens is 509 g/mol. The van der Waals surface area contributed by atoms with Crippen LogP contribution in [-0.2, 0) is 10.0 Å². The maximum atomic E-state index is 13.1. The van der Waals surface area contributed by atoms with E-state index in [1.165, 1.54) is 17.5 Å². The number of methoxy groups -OCH3 is 1. The van der Waals surface area contributed by atoms with Crippen LogP contribution in [0.15, 0.2) is 65.6 Å². The molecule has 10 heteroatoms. The van der Waals surface area contributed by atoms with Gasteiger partial charge in [0.2, 0.25) is 10.0 Å². The largest absolute Gasteiger partial charge is 0.496 e.